The summed E-state index contributed by atoms with van der Waals surface area (Å²) in [4.78, 5) is 27.3. The van der Waals surface area contributed by atoms with Crippen molar-refractivity contribution in [2.24, 2.45) is 5.92 Å². The fourth-order valence-electron chi connectivity index (χ4n) is 3.95. The molecule has 0 aromatic heterocycles. The maximum absolute atomic E-state index is 13.4. The van der Waals surface area contributed by atoms with E-state index in [1.165, 1.54) is 6.42 Å². The fraction of sp³-hybridized carbons (Fsp3) is 0.545. The molecule has 142 valence electrons. The Bertz CT molecular complexity index is 620. The summed E-state index contributed by atoms with van der Waals surface area (Å²) in [5.41, 5.74) is 1.04. The highest BCUT2D eigenvalue weighted by atomic mass is 35.5. The van der Waals surface area contributed by atoms with Gasteiger partial charge in [-0.05, 0) is 43.4 Å². The number of rotatable bonds is 8. The standard InChI is InChI=1S/C22H30ClNO2/c1-4-14-24(20-8-6-5-7-9-20)22(26)21(15-16(2)25)17(3)18-10-12-19(23)13-11-18/h4,10-13,17,20-21H,1,5-9,14-15H2,2-3H3/t17-,21+/m1/s1. The Morgan fingerprint density at radius 3 is 2.38 bits per heavy atom. The molecule has 0 radical (unpaired) electrons. The molecule has 0 saturated heterocycles. The second kappa shape index (κ2) is 9.91. The van der Waals surface area contributed by atoms with Crippen molar-refractivity contribution in [1.29, 1.82) is 0 Å². The lowest BCUT2D eigenvalue weighted by Gasteiger charge is -2.37. The highest BCUT2D eigenvalue weighted by molar-refractivity contribution is 6.30. The maximum Gasteiger partial charge on any atom is 0.227 e. The second-order valence-electron chi connectivity index (χ2n) is 7.42. The van der Waals surface area contributed by atoms with Crippen LogP contribution in [0, 0.1) is 5.92 Å². The molecule has 0 unspecified atom stereocenters. The molecule has 2 atom stereocenters. The largest absolute Gasteiger partial charge is 0.336 e. The first-order valence-electron chi connectivity index (χ1n) is 9.60. The SMILES string of the molecule is C=CCN(C(=O)[C@@H](CC(C)=O)[C@H](C)c1ccc(Cl)cc1)C1CCCCC1. The summed E-state index contributed by atoms with van der Waals surface area (Å²) < 4.78 is 0. The average molecular weight is 376 g/mol. The summed E-state index contributed by atoms with van der Waals surface area (Å²) in [6.07, 6.45) is 7.72. The average Bonchev–Trinajstić information content (AvgIpc) is 2.64. The van der Waals surface area contributed by atoms with Crippen molar-refractivity contribution in [1.82, 2.24) is 4.90 Å². The minimum atomic E-state index is -0.351. The molecular formula is C22H30ClNO2. The second-order valence-corrected chi connectivity index (χ2v) is 7.86. The molecule has 0 spiro atoms. The molecule has 1 saturated carbocycles. The van der Waals surface area contributed by atoms with Crippen LogP contribution in [0.4, 0.5) is 0 Å². The Kier molecular flexibility index (Phi) is 7.89. The van der Waals surface area contributed by atoms with Gasteiger partial charge >= 0.3 is 0 Å². The van der Waals surface area contributed by atoms with Gasteiger partial charge in [0.25, 0.3) is 0 Å². The van der Waals surface area contributed by atoms with Crippen molar-refractivity contribution in [2.75, 3.05) is 6.54 Å². The predicted molar refractivity (Wildman–Crippen MR) is 107 cm³/mol. The van der Waals surface area contributed by atoms with Gasteiger partial charge in [-0.25, -0.2) is 0 Å². The van der Waals surface area contributed by atoms with Crippen LogP contribution >= 0.6 is 11.6 Å². The molecule has 26 heavy (non-hydrogen) atoms. The monoisotopic (exact) mass is 375 g/mol. The minimum absolute atomic E-state index is 0.0421. The summed E-state index contributed by atoms with van der Waals surface area (Å²) in [6.45, 7) is 7.97. The van der Waals surface area contributed by atoms with Gasteiger partial charge in [0.1, 0.15) is 5.78 Å². The molecule has 1 amide bonds. The highest BCUT2D eigenvalue weighted by Crippen LogP contribution is 2.32. The van der Waals surface area contributed by atoms with Crippen molar-refractivity contribution < 1.29 is 9.59 Å². The number of ketones is 1. The third-order valence-corrected chi connectivity index (χ3v) is 5.70. The van der Waals surface area contributed by atoms with Crippen LogP contribution in [0.5, 0.6) is 0 Å². The molecule has 2 rings (SSSR count). The zero-order valence-corrected chi connectivity index (χ0v) is 16.7. The van der Waals surface area contributed by atoms with Gasteiger partial charge in [-0.1, -0.05) is 56.0 Å². The van der Waals surface area contributed by atoms with Crippen molar-refractivity contribution in [2.45, 2.75) is 64.3 Å². The van der Waals surface area contributed by atoms with Crippen LogP contribution < -0.4 is 0 Å². The molecule has 1 fully saturated rings. The van der Waals surface area contributed by atoms with E-state index in [0.717, 1.165) is 31.2 Å². The summed E-state index contributed by atoms with van der Waals surface area (Å²) in [7, 11) is 0. The number of nitrogens with zero attached hydrogens (tertiary/aromatic N) is 1. The van der Waals surface area contributed by atoms with E-state index >= 15 is 0 Å². The van der Waals surface area contributed by atoms with Crippen LogP contribution in [0.2, 0.25) is 5.02 Å². The highest BCUT2D eigenvalue weighted by Gasteiger charge is 2.34. The number of hydrogen-bond acceptors (Lipinski definition) is 2. The lowest BCUT2D eigenvalue weighted by Crippen LogP contribution is -2.46. The Labute approximate surface area is 162 Å². The molecule has 3 nitrogen and oxygen atoms in total. The van der Waals surface area contributed by atoms with Crippen LogP contribution in [0.3, 0.4) is 0 Å². The van der Waals surface area contributed by atoms with Crippen molar-refractivity contribution in [3.05, 3.63) is 47.5 Å². The van der Waals surface area contributed by atoms with Gasteiger partial charge in [-0.3, -0.25) is 4.79 Å². The fourth-order valence-corrected chi connectivity index (χ4v) is 4.08. The third kappa shape index (κ3) is 5.44. The van der Waals surface area contributed by atoms with Crippen LogP contribution in [-0.2, 0) is 9.59 Å². The molecule has 1 aromatic rings. The molecule has 0 N–H and O–H groups in total. The first-order chi connectivity index (χ1) is 12.4. The molecule has 4 heteroatoms. The van der Waals surface area contributed by atoms with E-state index in [0.29, 0.717) is 11.6 Å². The number of carbonyl (C=O) groups excluding carboxylic acids is 2. The van der Waals surface area contributed by atoms with Crippen LogP contribution in [-0.4, -0.2) is 29.2 Å². The lowest BCUT2D eigenvalue weighted by atomic mass is 9.82. The first-order valence-corrected chi connectivity index (χ1v) is 9.98. The predicted octanol–water partition coefficient (Wildman–Crippen LogP) is 5.39. The van der Waals surface area contributed by atoms with Gasteiger partial charge in [-0.2, -0.15) is 0 Å². The zero-order chi connectivity index (χ0) is 19.1. The molecule has 0 heterocycles. The van der Waals surface area contributed by atoms with E-state index in [4.69, 9.17) is 11.6 Å². The smallest absolute Gasteiger partial charge is 0.227 e. The number of halogens is 1. The van der Waals surface area contributed by atoms with E-state index in [2.05, 4.69) is 6.58 Å². The topological polar surface area (TPSA) is 37.4 Å². The van der Waals surface area contributed by atoms with Gasteiger partial charge in [-0.15, -0.1) is 6.58 Å². The van der Waals surface area contributed by atoms with Crippen LogP contribution in [0.15, 0.2) is 36.9 Å². The Balaban J connectivity index is 2.26. The molecular weight excluding hydrogens is 346 g/mol. The van der Waals surface area contributed by atoms with Crippen molar-refractivity contribution in [3.8, 4) is 0 Å². The van der Waals surface area contributed by atoms with E-state index < -0.39 is 0 Å². The van der Waals surface area contributed by atoms with Crippen LogP contribution in [0.25, 0.3) is 0 Å². The maximum atomic E-state index is 13.4. The van der Waals surface area contributed by atoms with Gasteiger partial charge in [0.15, 0.2) is 0 Å². The van der Waals surface area contributed by atoms with Crippen molar-refractivity contribution in [3.63, 3.8) is 0 Å². The summed E-state index contributed by atoms with van der Waals surface area (Å²) in [5, 5.41) is 0.672. The van der Waals surface area contributed by atoms with Gasteiger partial charge in [0.2, 0.25) is 5.91 Å². The Morgan fingerprint density at radius 1 is 1.23 bits per heavy atom. The molecule has 1 aliphatic carbocycles. The van der Waals surface area contributed by atoms with Gasteiger partial charge < -0.3 is 9.69 Å². The third-order valence-electron chi connectivity index (χ3n) is 5.45. The van der Waals surface area contributed by atoms with E-state index in [1.54, 1.807) is 13.0 Å². The number of hydrogen-bond donors (Lipinski definition) is 0. The van der Waals surface area contributed by atoms with Gasteiger partial charge in [0, 0.05) is 24.0 Å². The van der Waals surface area contributed by atoms with Crippen LogP contribution in [0.1, 0.15) is 63.9 Å². The van der Waals surface area contributed by atoms with E-state index in [-0.39, 0.29) is 36.0 Å². The van der Waals surface area contributed by atoms with E-state index in [1.807, 2.05) is 36.1 Å². The molecule has 0 bridgehead atoms. The quantitative estimate of drug-likeness (QED) is 0.571. The number of carbonyl (C=O) groups is 2. The lowest BCUT2D eigenvalue weighted by molar-refractivity contribution is -0.140. The molecule has 1 aliphatic rings. The minimum Gasteiger partial charge on any atom is -0.336 e. The first kappa shape index (κ1) is 20.7. The van der Waals surface area contributed by atoms with E-state index in [9.17, 15) is 9.59 Å². The summed E-state index contributed by atoms with van der Waals surface area (Å²) in [5.74, 6) is -0.268. The van der Waals surface area contributed by atoms with Gasteiger partial charge in [0.05, 0.1) is 5.92 Å². The normalized spacial score (nSPS) is 17.3. The van der Waals surface area contributed by atoms with Crippen molar-refractivity contribution >= 4 is 23.3 Å². The summed E-state index contributed by atoms with van der Waals surface area (Å²) in [6, 6.07) is 7.84. The number of amides is 1. The Morgan fingerprint density at radius 2 is 1.85 bits per heavy atom. The number of benzene rings is 1. The number of Topliss-reactive ketones (excluding diaryl/α,β-unsaturated/α-hetero) is 1. The molecule has 1 aromatic carbocycles. The summed E-state index contributed by atoms with van der Waals surface area (Å²) >= 11 is 6.00. The Hall–Kier alpha value is -1.61. The zero-order valence-electron chi connectivity index (χ0n) is 15.9. The molecule has 0 aliphatic heterocycles.